The van der Waals surface area contributed by atoms with E-state index >= 15 is 0 Å². The highest BCUT2D eigenvalue weighted by Crippen LogP contribution is 2.21. The van der Waals surface area contributed by atoms with Gasteiger partial charge in [-0.25, -0.2) is 0 Å². The van der Waals surface area contributed by atoms with Crippen LogP contribution in [0.5, 0.6) is 0 Å². The van der Waals surface area contributed by atoms with Crippen LogP contribution in [-0.4, -0.2) is 17.0 Å². The Morgan fingerprint density at radius 3 is 2.26 bits per heavy atom. The molecule has 0 aliphatic heterocycles. The predicted molar refractivity (Wildman–Crippen MR) is 110 cm³/mol. The highest BCUT2D eigenvalue weighted by Gasteiger charge is 2.18. The number of aryl methyl sites for hydroxylation is 2. The van der Waals surface area contributed by atoms with Crippen molar-refractivity contribution in [2.45, 2.75) is 27.3 Å². The van der Waals surface area contributed by atoms with Crippen LogP contribution in [0.2, 0.25) is 0 Å². The van der Waals surface area contributed by atoms with Gasteiger partial charge in [-0.05, 0) is 49.6 Å². The summed E-state index contributed by atoms with van der Waals surface area (Å²) in [7, 11) is 0. The molecular weight excluding hydrogens is 336 g/mol. The molecule has 2 aromatic carbocycles. The lowest BCUT2D eigenvalue weighted by molar-refractivity contribution is 0.0987. The maximum absolute atomic E-state index is 13.1. The number of nitrogens with zero attached hydrogens (tertiary/aromatic N) is 2. The molecule has 0 atom stereocenters. The Bertz CT molecular complexity index is 1020. The number of hydrogen-bond acceptors (Lipinski definition) is 2. The molecule has 0 spiro atoms. The Balaban J connectivity index is 1.95. The lowest BCUT2D eigenvalue weighted by Crippen LogP contribution is -2.32. The van der Waals surface area contributed by atoms with Gasteiger partial charge in [-0.3, -0.25) is 9.59 Å². The lowest BCUT2D eigenvalue weighted by Gasteiger charge is -2.23. The number of para-hydroxylation sites is 1. The highest BCUT2D eigenvalue weighted by atomic mass is 16.2. The van der Waals surface area contributed by atoms with E-state index in [0.29, 0.717) is 18.7 Å². The third kappa shape index (κ3) is 4.00. The molecule has 0 unspecified atom stereocenters. The first-order valence-electron chi connectivity index (χ1n) is 9.13. The van der Waals surface area contributed by atoms with Gasteiger partial charge < -0.3 is 9.47 Å². The number of pyridine rings is 1. The molecule has 138 valence electrons. The number of hydrogen-bond donors (Lipinski definition) is 0. The minimum absolute atomic E-state index is 0.106. The Morgan fingerprint density at radius 1 is 0.926 bits per heavy atom. The monoisotopic (exact) mass is 360 g/mol. The van der Waals surface area contributed by atoms with Crippen LogP contribution in [0, 0.1) is 13.8 Å². The summed E-state index contributed by atoms with van der Waals surface area (Å²) >= 11 is 0. The normalized spacial score (nSPS) is 10.6. The molecule has 0 saturated heterocycles. The maximum Gasteiger partial charge on any atom is 0.259 e. The molecule has 4 nitrogen and oxygen atoms in total. The van der Waals surface area contributed by atoms with Gasteiger partial charge in [0.25, 0.3) is 11.5 Å². The molecule has 3 aromatic rings. The number of carbonyl (C=O) groups excluding carboxylic acids is 1. The fourth-order valence-electron chi connectivity index (χ4n) is 3.20. The molecular formula is C23H24N2O2. The molecule has 0 bridgehead atoms. The van der Waals surface area contributed by atoms with Gasteiger partial charge in [0, 0.05) is 24.5 Å². The van der Waals surface area contributed by atoms with Crippen LogP contribution in [0.15, 0.2) is 71.7 Å². The van der Waals surface area contributed by atoms with Crippen LogP contribution in [0.1, 0.15) is 34.0 Å². The summed E-state index contributed by atoms with van der Waals surface area (Å²) in [6.07, 6.45) is 1.66. The van der Waals surface area contributed by atoms with Crippen LogP contribution in [0.25, 0.3) is 0 Å². The van der Waals surface area contributed by atoms with E-state index in [2.05, 4.69) is 0 Å². The minimum atomic E-state index is -0.117. The summed E-state index contributed by atoms with van der Waals surface area (Å²) < 4.78 is 1.60. The Labute approximate surface area is 159 Å². The lowest BCUT2D eigenvalue weighted by atomic mass is 10.1. The molecule has 0 N–H and O–H groups in total. The smallest absolute Gasteiger partial charge is 0.259 e. The molecule has 0 radical (unpaired) electrons. The molecule has 1 amide bonds. The quantitative estimate of drug-likeness (QED) is 0.685. The molecule has 3 rings (SSSR count). The number of benzene rings is 2. The molecule has 0 fully saturated rings. The summed E-state index contributed by atoms with van der Waals surface area (Å²) in [4.78, 5) is 27.2. The van der Waals surface area contributed by atoms with E-state index in [4.69, 9.17) is 0 Å². The summed E-state index contributed by atoms with van der Waals surface area (Å²) in [5, 5.41) is 0. The van der Waals surface area contributed by atoms with E-state index in [9.17, 15) is 9.59 Å². The highest BCUT2D eigenvalue weighted by molar-refractivity contribution is 6.06. The molecule has 0 aliphatic carbocycles. The molecule has 0 aliphatic rings. The molecule has 1 aromatic heterocycles. The van der Waals surface area contributed by atoms with Crippen molar-refractivity contribution in [3.8, 4) is 0 Å². The third-order valence-corrected chi connectivity index (χ3v) is 4.80. The van der Waals surface area contributed by atoms with Crippen LogP contribution in [0.4, 0.5) is 5.69 Å². The van der Waals surface area contributed by atoms with Gasteiger partial charge in [-0.15, -0.1) is 0 Å². The first-order valence-corrected chi connectivity index (χ1v) is 9.13. The van der Waals surface area contributed by atoms with Crippen molar-refractivity contribution in [1.82, 2.24) is 4.57 Å². The van der Waals surface area contributed by atoms with Gasteiger partial charge in [-0.1, -0.05) is 42.5 Å². The number of anilines is 1. The summed E-state index contributed by atoms with van der Waals surface area (Å²) in [6.45, 7) is 6.97. The van der Waals surface area contributed by atoms with Crippen molar-refractivity contribution in [2.24, 2.45) is 0 Å². The van der Waals surface area contributed by atoms with E-state index in [0.717, 1.165) is 22.4 Å². The van der Waals surface area contributed by atoms with Crippen molar-refractivity contribution < 1.29 is 4.79 Å². The molecule has 1 heterocycles. The average molecular weight is 360 g/mol. The molecule has 27 heavy (non-hydrogen) atoms. The first-order chi connectivity index (χ1) is 13.0. The fraction of sp³-hybridized carbons (Fsp3) is 0.217. The summed E-state index contributed by atoms with van der Waals surface area (Å²) in [6, 6.07) is 18.9. The Hall–Kier alpha value is -3.14. The second kappa shape index (κ2) is 8.04. The van der Waals surface area contributed by atoms with E-state index in [1.807, 2.05) is 69.3 Å². The van der Waals surface area contributed by atoms with Gasteiger partial charge in [0.1, 0.15) is 0 Å². The number of amides is 1. The Morgan fingerprint density at radius 2 is 1.59 bits per heavy atom. The van der Waals surface area contributed by atoms with Crippen molar-refractivity contribution in [2.75, 3.05) is 11.4 Å². The SMILES string of the molecule is CCN(C(=O)c1ccc(=O)n(Cc2ccccc2C)c1)c1ccccc1C. The zero-order valence-electron chi connectivity index (χ0n) is 16.0. The van der Waals surface area contributed by atoms with E-state index in [1.165, 1.54) is 6.07 Å². The second-order valence-electron chi connectivity index (χ2n) is 6.65. The average Bonchev–Trinajstić information content (AvgIpc) is 2.67. The van der Waals surface area contributed by atoms with Crippen molar-refractivity contribution in [1.29, 1.82) is 0 Å². The van der Waals surface area contributed by atoms with E-state index in [1.54, 1.807) is 21.7 Å². The predicted octanol–water partition coefficient (Wildman–Crippen LogP) is 4.18. The van der Waals surface area contributed by atoms with Crippen LogP contribution >= 0.6 is 0 Å². The molecule has 4 heteroatoms. The maximum atomic E-state index is 13.1. The fourth-order valence-corrected chi connectivity index (χ4v) is 3.20. The van der Waals surface area contributed by atoms with Gasteiger partial charge in [-0.2, -0.15) is 0 Å². The number of carbonyl (C=O) groups is 1. The van der Waals surface area contributed by atoms with Crippen molar-refractivity contribution in [3.63, 3.8) is 0 Å². The first kappa shape index (κ1) is 18.6. The van der Waals surface area contributed by atoms with Crippen LogP contribution < -0.4 is 10.5 Å². The number of aromatic nitrogens is 1. The van der Waals surface area contributed by atoms with Crippen LogP contribution in [0.3, 0.4) is 0 Å². The summed E-state index contributed by atoms with van der Waals surface area (Å²) in [5.74, 6) is -0.106. The van der Waals surface area contributed by atoms with Gasteiger partial charge in [0.2, 0.25) is 0 Å². The van der Waals surface area contributed by atoms with E-state index < -0.39 is 0 Å². The van der Waals surface area contributed by atoms with Crippen molar-refractivity contribution in [3.05, 3.63) is 99.5 Å². The summed E-state index contributed by atoms with van der Waals surface area (Å²) in [5.41, 5.74) is 4.51. The standard InChI is InChI=1S/C23H24N2O2/c1-4-25(21-12-8-6-10-18(21)3)23(27)20-13-14-22(26)24(16-20)15-19-11-7-5-9-17(19)2/h5-14,16H,4,15H2,1-3H3. The minimum Gasteiger partial charge on any atom is -0.310 e. The number of rotatable bonds is 5. The largest absolute Gasteiger partial charge is 0.310 e. The molecule has 0 saturated carbocycles. The van der Waals surface area contributed by atoms with Crippen LogP contribution in [-0.2, 0) is 6.54 Å². The van der Waals surface area contributed by atoms with Gasteiger partial charge in [0.05, 0.1) is 12.1 Å². The second-order valence-corrected chi connectivity index (χ2v) is 6.65. The topological polar surface area (TPSA) is 42.3 Å². The zero-order valence-corrected chi connectivity index (χ0v) is 16.0. The van der Waals surface area contributed by atoms with E-state index in [-0.39, 0.29) is 11.5 Å². The van der Waals surface area contributed by atoms with Crippen molar-refractivity contribution >= 4 is 11.6 Å². The van der Waals surface area contributed by atoms with Gasteiger partial charge >= 0.3 is 0 Å². The Kier molecular flexibility index (Phi) is 5.55. The third-order valence-electron chi connectivity index (χ3n) is 4.80. The van der Waals surface area contributed by atoms with Gasteiger partial charge in [0.15, 0.2) is 0 Å². The zero-order chi connectivity index (χ0) is 19.4.